The van der Waals surface area contributed by atoms with Gasteiger partial charge >= 0.3 is 6.09 Å². The molecule has 0 radical (unpaired) electrons. The number of ether oxygens (including phenoxy) is 4. The summed E-state index contributed by atoms with van der Waals surface area (Å²) in [4.78, 5) is 25.6. The van der Waals surface area contributed by atoms with Gasteiger partial charge in [0.05, 0.1) is 10.5 Å². The van der Waals surface area contributed by atoms with E-state index in [1.165, 1.54) is 6.07 Å². The number of halogens is 2. The highest BCUT2D eigenvalue weighted by molar-refractivity contribution is 9.10. The molecule has 1 amide bonds. The molecule has 0 unspecified atom stereocenters. The summed E-state index contributed by atoms with van der Waals surface area (Å²) in [7, 11) is -4.39. The third-order valence-electron chi connectivity index (χ3n) is 5.30. The van der Waals surface area contributed by atoms with Crippen LogP contribution < -0.4 is 18.9 Å². The zero-order valence-electron chi connectivity index (χ0n) is 17.6. The minimum atomic E-state index is -4.39. The number of nitrogens with one attached hydrogen (secondary N) is 1. The van der Waals surface area contributed by atoms with E-state index >= 15 is 0 Å². The molecule has 12 heteroatoms. The average Bonchev–Trinajstić information content (AvgIpc) is 3.29. The first-order valence-electron chi connectivity index (χ1n) is 10.1. The first-order valence-corrected chi connectivity index (χ1v) is 12.4. The van der Waals surface area contributed by atoms with Crippen LogP contribution >= 0.6 is 15.9 Å². The number of sulfonamides is 1. The lowest BCUT2D eigenvalue weighted by Crippen LogP contribution is -2.43. The van der Waals surface area contributed by atoms with E-state index in [9.17, 15) is 22.4 Å². The van der Waals surface area contributed by atoms with E-state index in [2.05, 4.69) is 15.9 Å². The third kappa shape index (κ3) is 4.54. The van der Waals surface area contributed by atoms with Gasteiger partial charge in [-0.3, -0.25) is 4.79 Å². The maximum atomic E-state index is 13.3. The van der Waals surface area contributed by atoms with Gasteiger partial charge in [-0.05, 0) is 54.6 Å². The van der Waals surface area contributed by atoms with Crippen LogP contribution in [0.15, 0.2) is 70.0 Å². The Hall–Kier alpha value is -3.64. The standard InChI is InChI=1S/C23H15BrFNO8S/c24-13-2-8-17-16(10-13)20(27)22(21(33-17)12-1-7-18-19(9-12)32-11-31-18)34-23(28)26-35(29,30)15-5-3-14(25)4-6-15/h1-10,21-22H,11H2,(H,26,28)/t21-,22+/m0/s1. The van der Waals surface area contributed by atoms with Crippen LogP contribution in [-0.4, -0.2) is 33.2 Å². The van der Waals surface area contributed by atoms with Crippen molar-refractivity contribution in [1.29, 1.82) is 0 Å². The van der Waals surface area contributed by atoms with Crippen molar-refractivity contribution in [3.8, 4) is 17.2 Å². The second-order valence-electron chi connectivity index (χ2n) is 7.54. The molecule has 0 fully saturated rings. The molecule has 1 N–H and O–H groups in total. The molecule has 3 aromatic carbocycles. The lowest BCUT2D eigenvalue weighted by atomic mass is 9.93. The van der Waals surface area contributed by atoms with Crippen LogP contribution in [0.1, 0.15) is 22.0 Å². The van der Waals surface area contributed by atoms with Gasteiger partial charge < -0.3 is 18.9 Å². The van der Waals surface area contributed by atoms with Crippen molar-refractivity contribution in [1.82, 2.24) is 4.72 Å². The summed E-state index contributed by atoms with van der Waals surface area (Å²) < 4.78 is 62.5. The Labute approximate surface area is 206 Å². The monoisotopic (exact) mass is 563 g/mol. The number of hydrogen-bond donors (Lipinski definition) is 1. The molecule has 0 saturated heterocycles. The maximum Gasteiger partial charge on any atom is 0.422 e. The van der Waals surface area contributed by atoms with Crippen molar-refractivity contribution < 1.29 is 41.3 Å². The number of amides is 1. The first kappa shape index (κ1) is 23.1. The van der Waals surface area contributed by atoms with Crippen molar-refractivity contribution in [3.05, 3.63) is 82.1 Å². The topological polar surface area (TPSA) is 117 Å². The molecule has 0 spiro atoms. The fourth-order valence-corrected chi connectivity index (χ4v) is 4.90. The predicted octanol–water partition coefficient (Wildman–Crippen LogP) is 4.12. The smallest absolute Gasteiger partial charge is 0.422 e. The van der Waals surface area contributed by atoms with E-state index in [1.54, 1.807) is 35.1 Å². The Morgan fingerprint density at radius 3 is 2.49 bits per heavy atom. The largest absolute Gasteiger partial charge is 0.481 e. The summed E-state index contributed by atoms with van der Waals surface area (Å²) in [6.45, 7) is 0.0314. The van der Waals surface area contributed by atoms with Gasteiger partial charge in [0.2, 0.25) is 18.7 Å². The second-order valence-corrected chi connectivity index (χ2v) is 10.1. The summed E-state index contributed by atoms with van der Waals surface area (Å²) in [6, 6.07) is 13.5. The normalized spacial score (nSPS) is 18.4. The molecular formula is C23H15BrFNO8S. The first-order chi connectivity index (χ1) is 16.7. The van der Waals surface area contributed by atoms with E-state index < -0.39 is 39.9 Å². The quantitative estimate of drug-likeness (QED) is 0.503. The molecule has 3 aromatic rings. The van der Waals surface area contributed by atoms with Crippen molar-refractivity contribution in [2.75, 3.05) is 6.79 Å². The van der Waals surface area contributed by atoms with Gasteiger partial charge in [0, 0.05) is 10.0 Å². The van der Waals surface area contributed by atoms with Crippen molar-refractivity contribution >= 4 is 37.8 Å². The number of carbonyl (C=O) groups excluding carboxylic acids is 2. The van der Waals surface area contributed by atoms with Gasteiger partial charge in [-0.25, -0.2) is 22.3 Å². The summed E-state index contributed by atoms with van der Waals surface area (Å²) in [6.07, 6.45) is -4.04. The molecule has 9 nitrogen and oxygen atoms in total. The molecule has 180 valence electrons. The van der Waals surface area contributed by atoms with E-state index in [0.29, 0.717) is 21.5 Å². The zero-order valence-corrected chi connectivity index (χ0v) is 20.0. The number of hydrogen-bond acceptors (Lipinski definition) is 8. The Bertz CT molecular complexity index is 1440. The van der Waals surface area contributed by atoms with Gasteiger partial charge in [-0.1, -0.05) is 22.0 Å². The molecule has 0 aliphatic carbocycles. The molecule has 0 bridgehead atoms. The van der Waals surface area contributed by atoms with Gasteiger partial charge in [0.15, 0.2) is 17.6 Å². The maximum absolute atomic E-state index is 13.3. The van der Waals surface area contributed by atoms with Crippen LogP contribution in [0.25, 0.3) is 0 Å². The number of carbonyl (C=O) groups is 2. The fraction of sp³-hybridized carbons (Fsp3) is 0.130. The van der Waals surface area contributed by atoms with Crippen LogP contribution in [0.2, 0.25) is 0 Å². The molecule has 5 rings (SSSR count). The predicted molar refractivity (Wildman–Crippen MR) is 121 cm³/mol. The summed E-state index contributed by atoms with van der Waals surface area (Å²) >= 11 is 3.29. The molecular weight excluding hydrogens is 549 g/mol. The summed E-state index contributed by atoms with van der Waals surface area (Å²) in [5.41, 5.74) is 0.589. The average molecular weight is 564 g/mol. The highest BCUT2D eigenvalue weighted by atomic mass is 79.9. The number of Topliss-reactive ketones (excluding diaryl/α,β-unsaturated/α-hetero) is 1. The van der Waals surface area contributed by atoms with Gasteiger partial charge in [0.1, 0.15) is 11.6 Å². The Balaban J connectivity index is 1.45. The van der Waals surface area contributed by atoms with Crippen LogP contribution in [0.4, 0.5) is 9.18 Å². The highest BCUT2D eigenvalue weighted by Crippen LogP contribution is 2.41. The highest BCUT2D eigenvalue weighted by Gasteiger charge is 2.42. The second kappa shape index (κ2) is 8.86. The SMILES string of the molecule is O=C(NS(=O)(=O)c1ccc(F)cc1)O[C@@H]1C(=O)c2cc(Br)ccc2O[C@H]1c1ccc2c(c1)OCO2. The third-order valence-corrected chi connectivity index (χ3v) is 7.12. The molecule has 2 atom stereocenters. The molecule has 2 aliphatic heterocycles. The van der Waals surface area contributed by atoms with Gasteiger partial charge in [-0.2, -0.15) is 0 Å². The Morgan fingerprint density at radius 1 is 1.00 bits per heavy atom. The Morgan fingerprint density at radius 2 is 1.71 bits per heavy atom. The summed E-state index contributed by atoms with van der Waals surface area (Å²) in [5.74, 6) is -0.0551. The van der Waals surface area contributed by atoms with Crippen LogP contribution in [-0.2, 0) is 14.8 Å². The van der Waals surface area contributed by atoms with Gasteiger partial charge in [0.25, 0.3) is 10.0 Å². The van der Waals surface area contributed by atoms with Gasteiger partial charge in [-0.15, -0.1) is 0 Å². The summed E-state index contributed by atoms with van der Waals surface area (Å²) in [5, 5.41) is 0. The van der Waals surface area contributed by atoms with Crippen molar-refractivity contribution in [2.24, 2.45) is 0 Å². The van der Waals surface area contributed by atoms with Crippen LogP contribution in [0.5, 0.6) is 17.2 Å². The number of fused-ring (bicyclic) bond motifs is 2. The van der Waals surface area contributed by atoms with Crippen molar-refractivity contribution in [3.63, 3.8) is 0 Å². The minimum absolute atomic E-state index is 0.0314. The van der Waals surface area contributed by atoms with E-state index in [-0.39, 0.29) is 23.0 Å². The Kier molecular flexibility index (Phi) is 5.85. The molecule has 0 saturated carbocycles. The number of rotatable bonds is 4. The van der Waals surface area contributed by atoms with E-state index in [4.69, 9.17) is 18.9 Å². The number of ketones is 1. The lowest BCUT2D eigenvalue weighted by molar-refractivity contribution is 0.0106. The van der Waals surface area contributed by atoms with Crippen LogP contribution in [0.3, 0.4) is 0 Å². The zero-order chi connectivity index (χ0) is 24.7. The number of benzene rings is 3. The van der Waals surface area contributed by atoms with Crippen molar-refractivity contribution in [2.45, 2.75) is 17.1 Å². The molecule has 2 heterocycles. The van der Waals surface area contributed by atoms with E-state index in [1.807, 2.05) is 0 Å². The minimum Gasteiger partial charge on any atom is -0.481 e. The lowest BCUT2D eigenvalue weighted by Gasteiger charge is -2.32. The molecule has 0 aromatic heterocycles. The fourth-order valence-electron chi connectivity index (χ4n) is 3.66. The van der Waals surface area contributed by atoms with E-state index in [0.717, 1.165) is 24.3 Å². The molecule has 35 heavy (non-hydrogen) atoms. The molecule has 2 aliphatic rings. The van der Waals surface area contributed by atoms with Crippen LogP contribution in [0, 0.1) is 5.82 Å².